The zero-order valence-electron chi connectivity index (χ0n) is 13.3. The summed E-state index contributed by atoms with van der Waals surface area (Å²) in [7, 11) is 0. The van der Waals surface area contributed by atoms with Gasteiger partial charge in [-0.1, -0.05) is 48.6 Å². The molecular weight excluding hydrogens is 288 g/mol. The van der Waals surface area contributed by atoms with Crippen LogP contribution in [0.1, 0.15) is 36.5 Å². The van der Waals surface area contributed by atoms with E-state index in [9.17, 15) is 9.59 Å². The molecule has 23 heavy (non-hydrogen) atoms. The first-order valence-corrected chi connectivity index (χ1v) is 7.98. The van der Waals surface area contributed by atoms with Gasteiger partial charge >= 0.3 is 5.97 Å². The summed E-state index contributed by atoms with van der Waals surface area (Å²) in [6, 6.07) is 13.4. The Hall–Kier alpha value is -2.42. The molecule has 0 N–H and O–H groups in total. The number of hydrogen-bond donors (Lipinski definition) is 0. The minimum atomic E-state index is -1.21. The second-order valence-electron chi connectivity index (χ2n) is 5.97. The van der Waals surface area contributed by atoms with Crippen LogP contribution in [0.15, 0.2) is 54.6 Å². The Bertz CT molecular complexity index is 790. The Balaban J connectivity index is 2.06. The number of ketones is 1. The van der Waals surface area contributed by atoms with Crippen molar-refractivity contribution in [2.24, 2.45) is 5.41 Å². The molecule has 0 bridgehead atoms. The first-order chi connectivity index (χ1) is 11.1. The van der Waals surface area contributed by atoms with Crippen LogP contribution < -0.4 is 0 Å². The van der Waals surface area contributed by atoms with E-state index < -0.39 is 11.4 Å². The lowest BCUT2D eigenvalue weighted by Gasteiger charge is -2.26. The Morgan fingerprint density at radius 2 is 1.91 bits per heavy atom. The van der Waals surface area contributed by atoms with Crippen LogP contribution in [0.3, 0.4) is 0 Å². The van der Waals surface area contributed by atoms with E-state index >= 15 is 0 Å². The molecule has 1 atom stereocenters. The molecule has 3 rings (SSSR count). The molecule has 0 heterocycles. The average Bonchev–Trinajstić information content (AvgIpc) is 2.96. The predicted molar refractivity (Wildman–Crippen MR) is 90.3 cm³/mol. The van der Waals surface area contributed by atoms with Gasteiger partial charge in [0, 0.05) is 5.56 Å². The fourth-order valence-electron chi connectivity index (χ4n) is 3.40. The molecule has 0 saturated heterocycles. The third kappa shape index (κ3) is 2.46. The van der Waals surface area contributed by atoms with Crippen LogP contribution in [0.2, 0.25) is 0 Å². The predicted octanol–water partition coefficient (Wildman–Crippen LogP) is 4.31. The summed E-state index contributed by atoms with van der Waals surface area (Å²) in [6.07, 6.45) is 1.96. The zero-order chi connectivity index (χ0) is 16.4. The van der Waals surface area contributed by atoms with Crippen LogP contribution in [0.4, 0.5) is 0 Å². The van der Waals surface area contributed by atoms with Crippen LogP contribution in [0, 0.1) is 5.41 Å². The van der Waals surface area contributed by atoms with Gasteiger partial charge < -0.3 is 4.74 Å². The minimum absolute atomic E-state index is 0.191. The molecule has 0 spiro atoms. The number of esters is 1. The number of rotatable bonds is 4. The third-order valence-electron chi connectivity index (χ3n) is 4.66. The van der Waals surface area contributed by atoms with Crippen molar-refractivity contribution >= 4 is 22.5 Å². The molecule has 0 aliphatic heterocycles. The van der Waals surface area contributed by atoms with Crippen molar-refractivity contribution in [3.8, 4) is 0 Å². The highest BCUT2D eigenvalue weighted by Crippen LogP contribution is 2.45. The van der Waals surface area contributed by atoms with E-state index in [2.05, 4.69) is 6.58 Å². The molecule has 3 nitrogen and oxygen atoms in total. The minimum Gasteiger partial charge on any atom is -0.465 e. The van der Waals surface area contributed by atoms with E-state index in [1.807, 2.05) is 36.4 Å². The van der Waals surface area contributed by atoms with Crippen molar-refractivity contribution in [3.63, 3.8) is 0 Å². The molecule has 0 unspecified atom stereocenters. The first-order valence-electron chi connectivity index (χ1n) is 7.98. The third-order valence-corrected chi connectivity index (χ3v) is 4.66. The molecule has 1 saturated carbocycles. The summed E-state index contributed by atoms with van der Waals surface area (Å²) in [5.41, 5.74) is 0.00673. The highest BCUT2D eigenvalue weighted by molar-refractivity contribution is 6.16. The van der Waals surface area contributed by atoms with Crippen molar-refractivity contribution in [3.05, 3.63) is 60.2 Å². The molecule has 3 heteroatoms. The van der Waals surface area contributed by atoms with Crippen LogP contribution in [-0.2, 0) is 9.53 Å². The number of benzene rings is 2. The standard InChI is InChI=1S/C20H20O3/c1-3-23-19(22)20(12-6-7-14(20)2)18(21)17-11-10-15-8-4-5-9-16(15)13-17/h4-5,8-11,13H,2-3,6-7,12H2,1H3/t20-/m1/s1. The Labute approximate surface area is 136 Å². The molecule has 118 valence electrons. The fraction of sp³-hybridized carbons (Fsp3) is 0.300. The molecule has 1 fully saturated rings. The number of fused-ring (bicyclic) bond motifs is 1. The van der Waals surface area contributed by atoms with Gasteiger partial charge in [0.25, 0.3) is 0 Å². The molecule has 0 radical (unpaired) electrons. The van der Waals surface area contributed by atoms with Gasteiger partial charge in [-0.2, -0.15) is 0 Å². The van der Waals surface area contributed by atoms with Gasteiger partial charge in [0.15, 0.2) is 11.2 Å². The lowest BCUT2D eigenvalue weighted by molar-refractivity contribution is -0.150. The largest absolute Gasteiger partial charge is 0.465 e. The van der Waals surface area contributed by atoms with Crippen LogP contribution in [-0.4, -0.2) is 18.4 Å². The zero-order valence-corrected chi connectivity index (χ0v) is 13.3. The topological polar surface area (TPSA) is 43.4 Å². The Kier molecular flexibility index (Phi) is 4.03. The van der Waals surface area contributed by atoms with Crippen molar-refractivity contribution in [1.82, 2.24) is 0 Å². The number of carbonyl (C=O) groups excluding carboxylic acids is 2. The molecule has 1 aliphatic rings. The summed E-state index contributed by atoms with van der Waals surface area (Å²) in [5, 5.41) is 2.06. The molecule has 0 amide bonds. The second kappa shape index (κ2) is 5.99. The van der Waals surface area contributed by atoms with Gasteiger partial charge in [-0.15, -0.1) is 0 Å². The van der Waals surface area contributed by atoms with Gasteiger partial charge in [0.1, 0.15) is 0 Å². The van der Waals surface area contributed by atoms with Crippen LogP contribution in [0.5, 0.6) is 0 Å². The van der Waals surface area contributed by atoms with Crippen molar-refractivity contribution in [1.29, 1.82) is 0 Å². The average molecular weight is 308 g/mol. The maximum atomic E-state index is 13.2. The van der Waals surface area contributed by atoms with Crippen molar-refractivity contribution in [2.75, 3.05) is 6.61 Å². The maximum Gasteiger partial charge on any atom is 0.324 e. The summed E-state index contributed by atoms with van der Waals surface area (Å²) in [4.78, 5) is 25.7. The SMILES string of the molecule is C=C1CCC[C@]1(C(=O)OCC)C(=O)c1ccc2ccccc2c1. The Morgan fingerprint density at radius 3 is 2.57 bits per heavy atom. The fourth-order valence-corrected chi connectivity index (χ4v) is 3.40. The smallest absolute Gasteiger partial charge is 0.324 e. The monoisotopic (exact) mass is 308 g/mol. The number of Topliss-reactive ketones (excluding diaryl/α,β-unsaturated/α-hetero) is 1. The van der Waals surface area contributed by atoms with Gasteiger partial charge in [0.2, 0.25) is 0 Å². The van der Waals surface area contributed by atoms with Crippen molar-refractivity contribution < 1.29 is 14.3 Å². The Morgan fingerprint density at radius 1 is 1.17 bits per heavy atom. The van der Waals surface area contributed by atoms with Crippen LogP contribution in [0.25, 0.3) is 10.8 Å². The molecule has 1 aliphatic carbocycles. The van der Waals surface area contributed by atoms with E-state index in [0.717, 1.165) is 17.2 Å². The normalized spacial score (nSPS) is 20.7. The lowest BCUT2D eigenvalue weighted by atomic mass is 9.76. The van der Waals surface area contributed by atoms with Gasteiger partial charge in [-0.25, -0.2) is 0 Å². The highest BCUT2D eigenvalue weighted by Gasteiger charge is 2.52. The number of carbonyl (C=O) groups is 2. The van der Waals surface area contributed by atoms with E-state index in [0.29, 0.717) is 24.0 Å². The van der Waals surface area contributed by atoms with Gasteiger partial charge in [-0.05, 0) is 43.0 Å². The molecule has 2 aromatic carbocycles. The molecule has 2 aromatic rings. The second-order valence-corrected chi connectivity index (χ2v) is 5.97. The van der Waals surface area contributed by atoms with Gasteiger partial charge in [0.05, 0.1) is 6.61 Å². The van der Waals surface area contributed by atoms with E-state index in [1.54, 1.807) is 13.0 Å². The quantitative estimate of drug-likeness (QED) is 0.366. The van der Waals surface area contributed by atoms with E-state index in [-0.39, 0.29) is 12.4 Å². The summed E-state index contributed by atoms with van der Waals surface area (Å²) >= 11 is 0. The maximum absolute atomic E-state index is 13.2. The lowest BCUT2D eigenvalue weighted by Crippen LogP contribution is -2.39. The summed E-state index contributed by atoms with van der Waals surface area (Å²) in [5.74, 6) is -0.648. The van der Waals surface area contributed by atoms with Crippen molar-refractivity contribution in [2.45, 2.75) is 26.2 Å². The van der Waals surface area contributed by atoms with E-state index in [4.69, 9.17) is 4.74 Å². The number of ether oxygens (including phenoxy) is 1. The first kappa shape index (κ1) is 15.5. The van der Waals surface area contributed by atoms with Crippen LogP contribution >= 0.6 is 0 Å². The molecular formula is C20H20O3. The van der Waals surface area contributed by atoms with E-state index in [1.165, 1.54) is 0 Å². The molecule has 0 aromatic heterocycles. The summed E-state index contributed by atoms with van der Waals surface area (Å²) in [6.45, 7) is 6.01. The van der Waals surface area contributed by atoms with Gasteiger partial charge in [-0.3, -0.25) is 9.59 Å². The highest BCUT2D eigenvalue weighted by atomic mass is 16.5. The summed E-state index contributed by atoms with van der Waals surface area (Å²) < 4.78 is 5.21. The number of hydrogen-bond acceptors (Lipinski definition) is 3.